The van der Waals surface area contributed by atoms with Crippen molar-refractivity contribution in [1.82, 2.24) is 4.37 Å². The van der Waals surface area contributed by atoms with Gasteiger partial charge >= 0.3 is 0 Å². The summed E-state index contributed by atoms with van der Waals surface area (Å²) in [5.74, 6) is 0. The lowest BCUT2D eigenvalue weighted by atomic mass is 10.4. The van der Waals surface area contributed by atoms with Crippen molar-refractivity contribution in [3.05, 3.63) is 27.0 Å². The highest BCUT2D eigenvalue weighted by molar-refractivity contribution is 7.66. The molecule has 2 aromatic rings. The predicted molar refractivity (Wildman–Crippen MR) is 49.6 cm³/mol. The highest BCUT2D eigenvalue weighted by Crippen LogP contribution is 2.21. The molecule has 2 heterocycles. The molecule has 0 spiro atoms. The van der Waals surface area contributed by atoms with Crippen LogP contribution in [-0.2, 0) is 0 Å². The van der Waals surface area contributed by atoms with Crippen LogP contribution in [0.2, 0.25) is 0 Å². The maximum absolute atomic E-state index is 11.1. The molecule has 0 fully saturated rings. The molecular weight excluding hydrogens is 198 g/mol. The van der Waals surface area contributed by atoms with Gasteiger partial charge in [0.15, 0.2) is 5.69 Å². The van der Waals surface area contributed by atoms with Crippen molar-refractivity contribution >= 4 is 32.2 Å². The quantitative estimate of drug-likeness (QED) is 0.663. The first-order valence-electron chi connectivity index (χ1n) is 2.88. The van der Waals surface area contributed by atoms with Crippen LogP contribution in [0.5, 0.6) is 0 Å². The smallest absolute Gasteiger partial charge is 0.271 e. The van der Waals surface area contributed by atoms with E-state index in [2.05, 4.69) is 4.37 Å². The largest absolute Gasteiger partial charge is 0.274 e. The molecule has 0 saturated heterocycles. The van der Waals surface area contributed by atoms with Crippen molar-refractivity contribution in [3.8, 4) is 10.6 Å². The third kappa shape index (κ3) is 1.26. The van der Waals surface area contributed by atoms with Crippen molar-refractivity contribution < 1.29 is 0 Å². The summed E-state index contributed by atoms with van der Waals surface area (Å²) in [6, 6.07) is 3.83. The Morgan fingerprint density at radius 1 is 1.45 bits per heavy atom. The minimum absolute atomic E-state index is 0.0671. The minimum Gasteiger partial charge on any atom is -0.274 e. The fourth-order valence-electron chi connectivity index (χ4n) is 0.725. The second-order valence-corrected chi connectivity index (χ2v) is 4.63. The summed E-state index contributed by atoms with van der Waals surface area (Å²) in [6.07, 6.45) is 0. The van der Waals surface area contributed by atoms with E-state index in [1.54, 1.807) is 11.3 Å². The average molecular weight is 201 g/mol. The summed E-state index contributed by atoms with van der Waals surface area (Å²) in [6.45, 7) is 0. The lowest BCUT2D eigenvalue weighted by Gasteiger charge is -1.81. The van der Waals surface area contributed by atoms with Crippen LogP contribution in [0.1, 0.15) is 0 Å². The van der Waals surface area contributed by atoms with Crippen LogP contribution in [0.25, 0.3) is 10.6 Å². The Labute approximate surface area is 74.3 Å². The third-order valence-corrected chi connectivity index (χ3v) is 3.64. The highest BCUT2D eigenvalue weighted by Gasteiger charge is 2.05. The summed E-state index contributed by atoms with van der Waals surface area (Å²) >= 11 is 1.55. The molecule has 0 aliphatic rings. The molecule has 0 aliphatic carbocycles. The van der Waals surface area contributed by atoms with Gasteiger partial charge in [0, 0.05) is 10.5 Å². The second-order valence-electron chi connectivity index (χ2n) is 1.86. The highest BCUT2D eigenvalue weighted by atomic mass is 32.9. The fraction of sp³-hybridized carbons (Fsp3) is 0. The molecule has 0 radical (unpaired) electrons. The molecule has 5 heteroatoms. The van der Waals surface area contributed by atoms with Crippen molar-refractivity contribution in [1.29, 1.82) is 0 Å². The second kappa shape index (κ2) is 2.84. The molecule has 2 aromatic heterocycles. The zero-order valence-corrected chi connectivity index (χ0v) is 7.76. The number of hydrogen-bond acceptors (Lipinski definition) is 5. The van der Waals surface area contributed by atoms with Crippen LogP contribution in [0.3, 0.4) is 0 Å². The first kappa shape index (κ1) is 7.15. The van der Waals surface area contributed by atoms with Gasteiger partial charge in [-0.25, -0.2) is 0 Å². The Bertz CT molecular complexity index is 386. The average Bonchev–Trinajstić information content (AvgIpc) is 2.55. The molecule has 0 bridgehead atoms. The van der Waals surface area contributed by atoms with E-state index in [4.69, 9.17) is 0 Å². The minimum atomic E-state index is 0.0671. The first-order chi connectivity index (χ1) is 5.38. The van der Waals surface area contributed by atoms with Crippen LogP contribution in [0.4, 0.5) is 0 Å². The van der Waals surface area contributed by atoms with Gasteiger partial charge in [-0.15, -0.1) is 11.3 Å². The zero-order chi connectivity index (χ0) is 7.68. The first-order valence-corrected chi connectivity index (χ1v) is 5.86. The molecular formula is C6H3NOS3. The standard InChI is InChI=1S/C6H3NOS3/c8-6-5(7-11-10-6)4-2-1-3-9-4/h1-3H. The van der Waals surface area contributed by atoms with Gasteiger partial charge < -0.3 is 0 Å². The summed E-state index contributed by atoms with van der Waals surface area (Å²) in [5.41, 5.74) is 0.606. The molecule has 11 heavy (non-hydrogen) atoms. The van der Waals surface area contributed by atoms with E-state index in [0.29, 0.717) is 5.69 Å². The molecule has 0 aromatic carbocycles. The van der Waals surface area contributed by atoms with Gasteiger partial charge in [0.2, 0.25) is 0 Å². The lowest BCUT2D eigenvalue weighted by Crippen LogP contribution is -1.92. The van der Waals surface area contributed by atoms with Gasteiger partial charge in [-0.1, -0.05) is 6.07 Å². The van der Waals surface area contributed by atoms with Gasteiger partial charge in [-0.2, -0.15) is 4.37 Å². The number of rotatable bonds is 1. The van der Waals surface area contributed by atoms with E-state index in [-0.39, 0.29) is 4.74 Å². The maximum Gasteiger partial charge on any atom is 0.271 e. The van der Waals surface area contributed by atoms with Crippen LogP contribution >= 0.6 is 32.2 Å². The van der Waals surface area contributed by atoms with E-state index >= 15 is 0 Å². The van der Waals surface area contributed by atoms with Crippen LogP contribution in [0, 0.1) is 0 Å². The van der Waals surface area contributed by atoms with Crippen molar-refractivity contribution in [3.63, 3.8) is 0 Å². The Kier molecular flexibility index (Phi) is 1.85. The van der Waals surface area contributed by atoms with E-state index in [1.165, 1.54) is 20.9 Å². The number of aromatic nitrogens is 1. The Morgan fingerprint density at radius 2 is 2.36 bits per heavy atom. The molecule has 0 aliphatic heterocycles. The molecule has 0 amide bonds. The normalized spacial score (nSPS) is 10.2. The van der Waals surface area contributed by atoms with Crippen molar-refractivity contribution in [2.75, 3.05) is 0 Å². The Hall–Kier alpha value is -0.520. The molecule has 0 N–H and O–H groups in total. The van der Waals surface area contributed by atoms with Crippen molar-refractivity contribution in [2.45, 2.75) is 0 Å². The topological polar surface area (TPSA) is 30.0 Å². The lowest BCUT2D eigenvalue weighted by molar-refractivity contribution is 1.54. The van der Waals surface area contributed by atoms with Gasteiger partial charge in [0.1, 0.15) is 0 Å². The monoisotopic (exact) mass is 201 g/mol. The van der Waals surface area contributed by atoms with Gasteiger partial charge in [0.05, 0.1) is 4.88 Å². The molecule has 56 valence electrons. The Balaban J connectivity index is 2.62. The van der Waals surface area contributed by atoms with E-state index in [1.807, 2.05) is 17.5 Å². The van der Waals surface area contributed by atoms with Gasteiger partial charge in [-0.05, 0) is 21.8 Å². The number of hydrogen-bond donors (Lipinski definition) is 0. The number of thiophene rings is 1. The number of nitrogens with zero attached hydrogens (tertiary/aromatic N) is 1. The van der Waals surface area contributed by atoms with Gasteiger partial charge in [0.25, 0.3) is 4.74 Å². The molecule has 2 nitrogen and oxygen atoms in total. The molecule has 0 unspecified atom stereocenters. The SMILES string of the molecule is O=c1ssnc1-c1cccs1. The van der Waals surface area contributed by atoms with Crippen LogP contribution < -0.4 is 4.74 Å². The fourth-order valence-corrected chi connectivity index (χ4v) is 2.99. The van der Waals surface area contributed by atoms with Crippen LogP contribution in [0.15, 0.2) is 22.3 Å². The van der Waals surface area contributed by atoms with Gasteiger partial charge in [-0.3, -0.25) is 4.79 Å². The van der Waals surface area contributed by atoms with Crippen molar-refractivity contribution in [2.24, 2.45) is 0 Å². The van der Waals surface area contributed by atoms with Crippen LogP contribution in [-0.4, -0.2) is 4.37 Å². The summed E-state index contributed by atoms with van der Waals surface area (Å²) in [7, 11) is 2.43. The molecule has 0 saturated carbocycles. The predicted octanol–water partition coefficient (Wildman–Crippen LogP) is 2.29. The van der Waals surface area contributed by atoms with E-state index in [9.17, 15) is 4.79 Å². The third-order valence-electron chi connectivity index (χ3n) is 1.19. The maximum atomic E-state index is 11.1. The van der Waals surface area contributed by atoms with E-state index < -0.39 is 0 Å². The molecule has 0 atom stereocenters. The summed E-state index contributed by atoms with van der Waals surface area (Å²) < 4.78 is 4.08. The molecule has 2 rings (SSSR count). The summed E-state index contributed by atoms with van der Waals surface area (Å²) in [4.78, 5) is 12.1. The zero-order valence-electron chi connectivity index (χ0n) is 5.31. The summed E-state index contributed by atoms with van der Waals surface area (Å²) in [5, 5.41) is 1.94. The Morgan fingerprint density at radius 3 is 2.91 bits per heavy atom. The van der Waals surface area contributed by atoms with E-state index in [0.717, 1.165) is 4.88 Å².